The van der Waals surface area contributed by atoms with Crippen LogP contribution in [0.1, 0.15) is 0 Å². The number of hydrogen-bond acceptors (Lipinski definition) is 2. The zero-order valence-electron chi connectivity index (χ0n) is 18.7. The van der Waals surface area contributed by atoms with Gasteiger partial charge in [-0.3, -0.25) is 0 Å². The van der Waals surface area contributed by atoms with Gasteiger partial charge in [-0.25, -0.2) is 0 Å². The lowest BCUT2D eigenvalue weighted by Gasteiger charge is -2.26. The average Bonchev–Trinajstić information content (AvgIpc) is 2.90. The van der Waals surface area contributed by atoms with Crippen molar-refractivity contribution in [3.8, 4) is 0 Å². The summed E-state index contributed by atoms with van der Waals surface area (Å²) in [5, 5.41) is 8.54. The molecule has 0 atom stereocenters. The third-order valence-corrected chi connectivity index (χ3v) is 6.15. The van der Waals surface area contributed by atoms with Crippen LogP contribution in [0.25, 0.3) is 21.5 Å². The summed E-state index contributed by atoms with van der Waals surface area (Å²) < 4.78 is 0. The molecule has 6 aromatic rings. The topological polar surface area (TPSA) is 15.3 Å². The fraction of sp³-hybridized carbons (Fsp3) is 0. The van der Waals surface area contributed by atoms with Crippen molar-refractivity contribution in [1.82, 2.24) is 0 Å². The molecule has 2 nitrogen and oxygen atoms in total. The van der Waals surface area contributed by atoms with Crippen molar-refractivity contribution < 1.29 is 0 Å². The van der Waals surface area contributed by atoms with Crippen molar-refractivity contribution in [3.63, 3.8) is 0 Å². The molecule has 0 spiro atoms. The molecule has 162 valence electrons. The Hall–Kier alpha value is -4.56. The van der Waals surface area contributed by atoms with Crippen molar-refractivity contribution in [2.75, 3.05) is 10.2 Å². The van der Waals surface area contributed by atoms with Crippen molar-refractivity contribution in [2.24, 2.45) is 0 Å². The van der Waals surface area contributed by atoms with Gasteiger partial charge in [0.2, 0.25) is 0 Å². The Bertz CT molecular complexity index is 1590. The van der Waals surface area contributed by atoms with Crippen LogP contribution in [0.15, 0.2) is 140 Å². The summed E-state index contributed by atoms with van der Waals surface area (Å²) in [4.78, 5) is 2.30. The van der Waals surface area contributed by atoms with E-state index < -0.39 is 0 Å². The minimum absolute atomic E-state index is 1.05. The van der Waals surface area contributed by atoms with Crippen LogP contribution in [0.5, 0.6) is 0 Å². The van der Waals surface area contributed by atoms with E-state index in [2.05, 4.69) is 150 Å². The maximum atomic E-state index is 3.60. The van der Waals surface area contributed by atoms with Gasteiger partial charge in [0.1, 0.15) is 0 Å². The summed E-state index contributed by atoms with van der Waals surface area (Å²) >= 11 is 0. The van der Waals surface area contributed by atoms with E-state index >= 15 is 0 Å². The Kier molecular flexibility index (Phi) is 5.17. The number of anilines is 5. The monoisotopic (exact) mass is 436 g/mol. The van der Waals surface area contributed by atoms with Crippen molar-refractivity contribution >= 4 is 50.0 Å². The predicted molar refractivity (Wildman–Crippen MR) is 146 cm³/mol. The van der Waals surface area contributed by atoms with Gasteiger partial charge >= 0.3 is 0 Å². The van der Waals surface area contributed by atoms with Crippen molar-refractivity contribution in [1.29, 1.82) is 0 Å². The largest absolute Gasteiger partial charge is 0.355 e. The summed E-state index contributed by atoms with van der Waals surface area (Å²) in [7, 11) is 0. The van der Waals surface area contributed by atoms with Gasteiger partial charge in [-0.05, 0) is 76.1 Å². The molecule has 0 bridgehead atoms. The highest BCUT2D eigenvalue weighted by molar-refractivity contribution is 5.90. The van der Waals surface area contributed by atoms with Crippen LogP contribution in [0, 0.1) is 0 Å². The van der Waals surface area contributed by atoms with Gasteiger partial charge in [0, 0.05) is 28.4 Å². The molecule has 0 aliphatic carbocycles. The molecule has 2 heteroatoms. The molecule has 0 heterocycles. The minimum atomic E-state index is 1.05. The molecule has 0 aromatic heterocycles. The molecule has 34 heavy (non-hydrogen) atoms. The van der Waals surface area contributed by atoms with E-state index in [-0.39, 0.29) is 0 Å². The van der Waals surface area contributed by atoms with Gasteiger partial charge in [0.25, 0.3) is 0 Å². The highest BCUT2D eigenvalue weighted by Gasteiger charge is 2.13. The van der Waals surface area contributed by atoms with Gasteiger partial charge in [0.05, 0.1) is 0 Å². The molecule has 0 fully saturated rings. The van der Waals surface area contributed by atoms with Crippen LogP contribution in [0.3, 0.4) is 0 Å². The number of rotatable bonds is 5. The summed E-state index contributed by atoms with van der Waals surface area (Å²) in [6.07, 6.45) is 0. The number of nitrogens with zero attached hydrogens (tertiary/aromatic N) is 1. The Labute approximate surface area is 199 Å². The highest BCUT2D eigenvalue weighted by atomic mass is 15.1. The Morgan fingerprint density at radius 1 is 0.353 bits per heavy atom. The molecular weight excluding hydrogens is 412 g/mol. The molecule has 0 saturated heterocycles. The summed E-state index contributed by atoms with van der Waals surface area (Å²) in [5.74, 6) is 0. The van der Waals surface area contributed by atoms with Gasteiger partial charge in [-0.2, -0.15) is 0 Å². The first-order chi connectivity index (χ1) is 16.8. The van der Waals surface area contributed by atoms with E-state index in [1.165, 1.54) is 21.5 Å². The maximum Gasteiger partial charge on any atom is 0.0482 e. The number of nitrogens with one attached hydrogen (secondary N) is 1. The summed E-state index contributed by atoms with van der Waals surface area (Å²) in [6.45, 7) is 0. The molecule has 0 radical (unpaired) electrons. The summed E-state index contributed by atoms with van der Waals surface area (Å²) in [5.41, 5.74) is 5.49. The first-order valence-corrected chi connectivity index (χ1v) is 11.5. The second-order valence-corrected chi connectivity index (χ2v) is 8.44. The zero-order chi connectivity index (χ0) is 22.7. The zero-order valence-corrected chi connectivity index (χ0v) is 18.7. The molecule has 0 aliphatic heterocycles. The summed E-state index contributed by atoms with van der Waals surface area (Å²) in [6, 6.07) is 49.2. The van der Waals surface area contributed by atoms with E-state index in [1.807, 2.05) is 0 Å². The molecule has 1 N–H and O–H groups in total. The van der Waals surface area contributed by atoms with E-state index in [9.17, 15) is 0 Å². The van der Waals surface area contributed by atoms with Gasteiger partial charge < -0.3 is 10.2 Å². The smallest absolute Gasteiger partial charge is 0.0482 e. The predicted octanol–water partition coefficient (Wildman–Crippen LogP) is 9.21. The van der Waals surface area contributed by atoms with Crippen LogP contribution in [0.4, 0.5) is 28.4 Å². The minimum Gasteiger partial charge on any atom is -0.355 e. The quantitative estimate of drug-likeness (QED) is 0.290. The normalized spacial score (nSPS) is 10.9. The average molecular weight is 437 g/mol. The van der Waals surface area contributed by atoms with Crippen molar-refractivity contribution in [3.05, 3.63) is 140 Å². The van der Waals surface area contributed by atoms with Gasteiger partial charge in [0.15, 0.2) is 0 Å². The number of hydrogen-bond donors (Lipinski definition) is 1. The van der Waals surface area contributed by atoms with Gasteiger partial charge in [-0.15, -0.1) is 0 Å². The standard InChI is InChI=1S/C32H24N2/c1-2-14-30(15-3-1)34(32-20-18-25-10-5-7-12-27(25)22-32)31-16-8-13-28(23-31)33-29-19-17-24-9-4-6-11-26(24)21-29/h1-23,33H. The van der Waals surface area contributed by atoms with Crippen molar-refractivity contribution in [2.45, 2.75) is 0 Å². The van der Waals surface area contributed by atoms with Crippen LogP contribution in [0.2, 0.25) is 0 Å². The Morgan fingerprint density at radius 2 is 0.912 bits per heavy atom. The number of fused-ring (bicyclic) bond motifs is 2. The van der Waals surface area contributed by atoms with E-state index in [0.29, 0.717) is 0 Å². The van der Waals surface area contributed by atoms with E-state index in [0.717, 1.165) is 28.4 Å². The Morgan fingerprint density at radius 3 is 1.68 bits per heavy atom. The molecular formula is C32H24N2. The lowest BCUT2D eigenvalue weighted by Crippen LogP contribution is -2.10. The molecule has 6 aromatic carbocycles. The lowest BCUT2D eigenvalue weighted by atomic mass is 10.1. The third kappa shape index (κ3) is 3.98. The molecule has 0 aliphatic rings. The molecule has 0 saturated carbocycles. The van der Waals surface area contributed by atoms with Crippen LogP contribution >= 0.6 is 0 Å². The number of benzene rings is 6. The SMILES string of the molecule is c1ccc(N(c2cccc(Nc3ccc4ccccc4c3)c2)c2ccc3ccccc3c2)cc1. The van der Waals surface area contributed by atoms with Crippen LogP contribution < -0.4 is 10.2 Å². The van der Waals surface area contributed by atoms with E-state index in [1.54, 1.807) is 0 Å². The molecule has 6 rings (SSSR count). The first kappa shape index (κ1) is 20.1. The maximum absolute atomic E-state index is 3.60. The van der Waals surface area contributed by atoms with Crippen LogP contribution in [-0.2, 0) is 0 Å². The second kappa shape index (κ2) is 8.76. The molecule has 0 amide bonds. The molecule has 0 unspecified atom stereocenters. The third-order valence-electron chi connectivity index (χ3n) is 6.15. The van der Waals surface area contributed by atoms with E-state index in [4.69, 9.17) is 0 Å². The fourth-order valence-corrected chi connectivity index (χ4v) is 4.50. The van der Waals surface area contributed by atoms with Crippen LogP contribution in [-0.4, -0.2) is 0 Å². The highest BCUT2D eigenvalue weighted by Crippen LogP contribution is 2.37. The number of para-hydroxylation sites is 1. The Balaban J connectivity index is 1.40. The fourth-order valence-electron chi connectivity index (χ4n) is 4.50. The second-order valence-electron chi connectivity index (χ2n) is 8.44. The van der Waals surface area contributed by atoms with Gasteiger partial charge in [-0.1, -0.05) is 84.9 Å². The first-order valence-electron chi connectivity index (χ1n) is 11.5. The lowest BCUT2D eigenvalue weighted by molar-refractivity contribution is 1.29.